The quantitative estimate of drug-likeness (QED) is 0.681. The number of thiophene rings is 1. The van der Waals surface area contributed by atoms with Crippen LogP contribution >= 0.6 is 11.3 Å². The lowest BCUT2D eigenvalue weighted by molar-refractivity contribution is 0.0526. The number of amides is 1. The molecule has 1 amide bonds. The van der Waals surface area contributed by atoms with E-state index in [1.807, 2.05) is 6.92 Å². The molecule has 0 bridgehead atoms. The van der Waals surface area contributed by atoms with Crippen LogP contribution in [0, 0.1) is 25.2 Å². The Morgan fingerprint density at radius 1 is 1.32 bits per heavy atom. The van der Waals surface area contributed by atoms with Gasteiger partial charge in [0.15, 0.2) is 0 Å². The molecule has 1 unspecified atom stereocenters. The molecule has 0 fully saturated rings. The summed E-state index contributed by atoms with van der Waals surface area (Å²) in [6.07, 6.45) is 2.80. The molecule has 28 heavy (non-hydrogen) atoms. The van der Waals surface area contributed by atoms with Gasteiger partial charge in [-0.25, -0.2) is 4.79 Å². The largest absolute Gasteiger partial charge is 0.466 e. The highest BCUT2D eigenvalue weighted by Gasteiger charge is 2.34. The van der Waals surface area contributed by atoms with Crippen LogP contribution in [0.15, 0.2) is 10.5 Å². The lowest BCUT2D eigenvalue weighted by Gasteiger charge is -2.33. The maximum atomic E-state index is 12.8. The second-order valence-corrected chi connectivity index (χ2v) is 9.62. The number of furan rings is 1. The van der Waals surface area contributed by atoms with E-state index < -0.39 is 0 Å². The van der Waals surface area contributed by atoms with Gasteiger partial charge >= 0.3 is 5.97 Å². The van der Waals surface area contributed by atoms with Crippen LogP contribution in [-0.2, 0) is 17.6 Å². The SMILES string of the molecule is CCOC(=O)c1c(NC(=O)c2cc(C)oc2C)sc2c1CCC(C(C)(C)C)C2. The Labute approximate surface area is 170 Å². The van der Waals surface area contributed by atoms with Gasteiger partial charge in [-0.1, -0.05) is 20.8 Å². The van der Waals surface area contributed by atoms with Gasteiger partial charge in [0.2, 0.25) is 0 Å². The summed E-state index contributed by atoms with van der Waals surface area (Å²) in [5, 5.41) is 3.53. The number of aryl methyl sites for hydroxylation is 2. The van der Waals surface area contributed by atoms with Crippen molar-refractivity contribution >= 4 is 28.2 Å². The average Bonchev–Trinajstić information content (AvgIpc) is 3.12. The van der Waals surface area contributed by atoms with E-state index in [2.05, 4.69) is 26.1 Å². The molecule has 2 aromatic heterocycles. The Kier molecular flexibility index (Phi) is 5.71. The summed E-state index contributed by atoms with van der Waals surface area (Å²) in [6, 6.07) is 1.72. The zero-order valence-corrected chi connectivity index (χ0v) is 18.3. The van der Waals surface area contributed by atoms with Crippen LogP contribution in [-0.4, -0.2) is 18.5 Å². The molecule has 1 atom stereocenters. The summed E-state index contributed by atoms with van der Waals surface area (Å²) in [7, 11) is 0. The summed E-state index contributed by atoms with van der Waals surface area (Å²) >= 11 is 1.51. The van der Waals surface area contributed by atoms with Crippen LogP contribution < -0.4 is 5.32 Å². The Balaban J connectivity index is 1.96. The van der Waals surface area contributed by atoms with Crippen molar-refractivity contribution < 1.29 is 18.7 Å². The summed E-state index contributed by atoms with van der Waals surface area (Å²) in [6.45, 7) is 12.5. The third-order valence-electron chi connectivity index (χ3n) is 5.48. The molecule has 1 aliphatic carbocycles. The first kappa shape index (κ1) is 20.6. The molecule has 152 valence electrons. The summed E-state index contributed by atoms with van der Waals surface area (Å²) < 4.78 is 10.8. The van der Waals surface area contributed by atoms with E-state index >= 15 is 0 Å². The molecule has 0 aliphatic heterocycles. The van der Waals surface area contributed by atoms with Crippen molar-refractivity contribution in [3.05, 3.63) is 39.2 Å². The van der Waals surface area contributed by atoms with Crippen LogP contribution in [0.3, 0.4) is 0 Å². The van der Waals surface area contributed by atoms with Crippen LogP contribution in [0.25, 0.3) is 0 Å². The van der Waals surface area contributed by atoms with E-state index in [9.17, 15) is 9.59 Å². The molecule has 0 saturated carbocycles. The molecule has 2 heterocycles. The first-order chi connectivity index (χ1) is 13.1. The van der Waals surface area contributed by atoms with E-state index in [1.165, 1.54) is 16.2 Å². The van der Waals surface area contributed by atoms with Gasteiger partial charge in [0.05, 0.1) is 17.7 Å². The second-order valence-electron chi connectivity index (χ2n) is 8.52. The van der Waals surface area contributed by atoms with Crippen molar-refractivity contribution in [1.82, 2.24) is 0 Å². The molecule has 0 saturated heterocycles. The normalized spacial score (nSPS) is 16.6. The van der Waals surface area contributed by atoms with Crippen LogP contribution in [0.5, 0.6) is 0 Å². The zero-order valence-electron chi connectivity index (χ0n) is 17.5. The van der Waals surface area contributed by atoms with E-state index in [0.717, 1.165) is 24.8 Å². The highest BCUT2D eigenvalue weighted by molar-refractivity contribution is 7.17. The minimum Gasteiger partial charge on any atom is -0.466 e. The van der Waals surface area contributed by atoms with Crippen molar-refractivity contribution in [3.8, 4) is 0 Å². The lowest BCUT2D eigenvalue weighted by Crippen LogP contribution is -2.26. The Bertz CT molecular complexity index is 901. The third kappa shape index (κ3) is 4.02. The molecule has 3 rings (SSSR count). The monoisotopic (exact) mass is 403 g/mol. The average molecular weight is 404 g/mol. The summed E-state index contributed by atoms with van der Waals surface area (Å²) in [5.41, 5.74) is 2.27. The molecule has 6 heteroatoms. The number of esters is 1. The second kappa shape index (κ2) is 7.74. The number of hydrogen-bond acceptors (Lipinski definition) is 5. The topological polar surface area (TPSA) is 68.5 Å². The van der Waals surface area contributed by atoms with Gasteiger partial charge < -0.3 is 14.5 Å². The van der Waals surface area contributed by atoms with Crippen molar-refractivity contribution in [1.29, 1.82) is 0 Å². The molecular formula is C22H29NO4S. The van der Waals surface area contributed by atoms with Gasteiger partial charge in [0.1, 0.15) is 16.5 Å². The van der Waals surface area contributed by atoms with Crippen molar-refractivity contribution in [2.45, 2.75) is 60.8 Å². The van der Waals surface area contributed by atoms with Gasteiger partial charge in [-0.15, -0.1) is 11.3 Å². The molecule has 5 nitrogen and oxygen atoms in total. The molecule has 1 N–H and O–H groups in total. The van der Waals surface area contributed by atoms with E-state index in [1.54, 1.807) is 19.9 Å². The Hall–Kier alpha value is -2.08. The molecule has 0 aromatic carbocycles. The van der Waals surface area contributed by atoms with Gasteiger partial charge in [-0.2, -0.15) is 0 Å². The number of ether oxygens (including phenoxy) is 1. The Morgan fingerprint density at radius 3 is 2.61 bits per heavy atom. The maximum Gasteiger partial charge on any atom is 0.341 e. The van der Waals surface area contributed by atoms with Crippen molar-refractivity contribution in [3.63, 3.8) is 0 Å². The molecule has 1 aliphatic rings. The summed E-state index contributed by atoms with van der Waals surface area (Å²) in [5.74, 6) is 1.19. The maximum absolute atomic E-state index is 12.8. The van der Waals surface area contributed by atoms with Gasteiger partial charge in [0, 0.05) is 4.88 Å². The number of rotatable bonds is 4. The lowest BCUT2D eigenvalue weighted by atomic mass is 9.72. The van der Waals surface area contributed by atoms with E-state index in [4.69, 9.17) is 9.15 Å². The third-order valence-corrected chi connectivity index (χ3v) is 6.65. The molecule has 2 aromatic rings. The number of nitrogens with one attached hydrogen (secondary N) is 1. The first-order valence-electron chi connectivity index (χ1n) is 9.81. The number of fused-ring (bicyclic) bond motifs is 1. The van der Waals surface area contributed by atoms with Gasteiger partial charge in [0.25, 0.3) is 5.91 Å². The predicted octanol–water partition coefficient (Wildman–Crippen LogP) is 5.54. The fraction of sp³-hybridized carbons (Fsp3) is 0.545. The van der Waals surface area contributed by atoms with E-state index in [0.29, 0.717) is 40.2 Å². The predicted molar refractivity (Wildman–Crippen MR) is 111 cm³/mol. The summed E-state index contributed by atoms with van der Waals surface area (Å²) in [4.78, 5) is 26.7. The van der Waals surface area contributed by atoms with Crippen LogP contribution in [0.4, 0.5) is 5.00 Å². The molecule has 0 radical (unpaired) electrons. The fourth-order valence-corrected chi connectivity index (χ4v) is 5.17. The zero-order chi connectivity index (χ0) is 20.6. The Morgan fingerprint density at radius 2 is 2.04 bits per heavy atom. The molecule has 0 spiro atoms. The highest BCUT2D eigenvalue weighted by atomic mass is 32.1. The number of carbonyl (C=O) groups is 2. The standard InChI is InChI=1S/C22H29NO4S/c1-7-26-21(25)18-15-9-8-14(22(4,5)6)11-17(15)28-20(18)23-19(24)16-10-12(2)27-13(16)3/h10,14H,7-9,11H2,1-6H3,(H,23,24). The first-order valence-corrected chi connectivity index (χ1v) is 10.6. The number of carbonyl (C=O) groups excluding carboxylic acids is 2. The van der Waals surface area contributed by atoms with Crippen LogP contribution in [0.2, 0.25) is 0 Å². The highest BCUT2D eigenvalue weighted by Crippen LogP contribution is 2.44. The number of anilines is 1. The fourth-order valence-electron chi connectivity index (χ4n) is 3.86. The van der Waals surface area contributed by atoms with Crippen molar-refractivity contribution in [2.75, 3.05) is 11.9 Å². The smallest absolute Gasteiger partial charge is 0.341 e. The minimum absolute atomic E-state index is 0.209. The van der Waals surface area contributed by atoms with Crippen molar-refractivity contribution in [2.24, 2.45) is 11.3 Å². The van der Waals surface area contributed by atoms with Gasteiger partial charge in [-0.05, 0) is 63.0 Å². The number of hydrogen-bond donors (Lipinski definition) is 1. The van der Waals surface area contributed by atoms with Crippen LogP contribution in [0.1, 0.15) is 76.8 Å². The molecular weight excluding hydrogens is 374 g/mol. The minimum atomic E-state index is -0.357. The van der Waals surface area contributed by atoms with Gasteiger partial charge in [-0.3, -0.25) is 4.79 Å². The van der Waals surface area contributed by atoms with E-state index in [-0.39, 0.29) is 17.3 Å².